The van der Waals surface area contributed by atoms with Gasteiger partial charge >= 0.3 is 11.9 Å². The van der Waals surface area contributed by atoms with Crippen molar-refractivity contribution in [2.45, 2.75) is 6.42 Å². The molecule has 0 N–H and O–H groups in total. The van der Waals surface area contributed by atoms with Crippen molar-refractivity contribution < 1.29 is 28.8 Å². The standard InChI is InChI=1S/C16H15ClN2O7S/c1-25-15(21)8-14-18(13(20)9-27-14)5-2-6-26-16(22)10-3-4-11(17)12(7-10)19(23)24/h3-4,7-8H,2,5-6,9H2,1H3/b14-8-. The summed E-state index contributed by atoms with van der Waals surface area (Å²) >= 11 is 6.92. The lowest BCUT2D eigenvalue weighted by molar-refractivity contribution is -0.384. The summed E-state index contributed by atoms with van der Waals surface area (Å²) in [5.74, 6) is -1.23. The van der Waals surface area contributed by atoms with Crippen molar-refractivity contribution in [1.29, 1.82) is 0 Å². The van der Waals surface area contributed by atoms with Gasteiger partial charge in [0.05, 0.1) is 41.1 Å². The van der Waals surface area contributed by atoms with Crippen molar-refractivity contribution in [2.24, 2.45) is 0 Å². The molecule has 1 aromatic carbocycles. The Morgan fingerprint density at radius 2 is 2.19 bits per heavy atom. The molecule has 0 aromatic heterocycles. The topological polar surface area (TPSA) is 116 Å². The number of benzene rings is 1. The molecule has 1 aliphatic heterocycles. The van der Waals surface area contributed by atoms with Gasteiger partial charge in [0.2, 0.25) is 5.91 Å². The summed E-state index contributed by atoms with van der Waals surface area (Å²) in [4.78, 5) is 46.8. The molecule has 1 saturated heterocycles. The second kappa shape index (κ2) is 9.38. The summed E-state index contributed by atoms with van der Waals surface area (Å²) in [6.07, 6.45) is 1.56. The van der Waals surface area contributed by atoms with Crippen LogP contribution in [0.25, 0.3) is 0 Å². The van der Waals surface area contributed by atoms with Gasteiger partial charge in [0.25, 0.3) is 5.69 Å². The summed E-state index contributed by atoms with van der Waals surface area (Å²) in [5.41, 5.74) is -0.381. The Hall–Kier alpha value is -2.59. The number of nitro groups is 1. The van der Waals surface area contributed by atoms with Gasteiger partial charge in [-0.3, -0.25) is 14.9 Å². The second-order valence-electron chi connectivity index (χ2n) is 5.25. The fourth-order valence-corrected chi connectivity index (χ4v) is 3.32. The van der Waals surface area contributed by atoms with Crippen molar-refractivity contribution in [3.05, 3.63) is 50.0 Å². The number of hydrogen-bond acceptors (Lipinski definition) is 8. The van der Waals surface area contributed by atoms with E-state index in [4.69, 9.17) is 16.3 Å². The first-order chi connectivity index (χ1) is 12.8. The van der Waals surface area contributed by atoms with Crippen molar-refractivity contribution >= 4 is 46.9 Å². The highest BCUT2D eigenvalue weighted by molar-refractivity contribution is 8.04. The van der Waals surface area contributed by atoms with Crippen LogP contribution in [0.15, 0.2) is 29.3 Å². The molecule has 1 aromatic rings. The highest BCUT2D eigenvalue weighted by Gasteiger charge is 2.27. The zero-order chi connectivity index (χ0) is 20.0. The van der Waals surface area contributed by atoms with Gasteiger partial charge in [0.1, 0.15) is 5.02 Å². The first kappa shape index (κ1) is 20.7. The van der Waals surface area contributed by atoms with Gasteiger partial charge in [-0.15, -0.1) is 0 Å². The lowest BCUT2D eigenvalue weighted by Gasteiger charge is -2.16. The molecule has 11 heteroatoms. The maximum absolute atomic E-state index is 12.0. The number of carbonyl (C=O) groups is 3. The van der Waals surface area contributed by atoms with Crippen LogP contribution < -0.4 is 0 Å². The third kappa shape index (κ3) is 5.44. The van der Waals surface area contributed by atoms with Gasteiger partial charge < -0.3 is 14.4 Å². The molecule has 27 heavy (non-hydrogen) atoms. The quantitative estimate of drug-likeness (QED) is 0.219. The van der Waals surface area contributed by atoms with Crippen LogP contribution in [0, 0.1) is 10.1 Å². The molecule has 0 bridgehead atoms. The van der Waals surface area contributed by atoms with E-state index in [-0.39, 0.29) is 41.1 Å². The number of thioether (sulfide) groups is 1. The fraction of sp³-hybridized carbons (Fsp3) is 0.312. The van der Waals surface area contributed by atoms with E-state index in [9.17, 15) is 24.5 Å². The zero-order valence-electron chi connectivity index (χ0n) is 14.2. The number of rotatable bonds is 7. The number of carbonyl (C=O) groups excluding carboxylic acids is 3. The molecular formula is C16H15ClN2O7S. The Bertz CT molecular complexity index is 812. The molecule has 0 atom stereocenters. The molecule has 1 heterocycles. The van der Waals surface area contributed by atoms with Crippen molar-refractivity contribution in [3.8, 4) is 0 Å². The minimum absolute atomic E-state index is 0.00475. The van der Waals surface area contributed by atoms with E-state index in [1.165, 1.54) is 42.0 Å². The average molecular weight is 415 g/mol. The number of amides is 1. The van der Waals surface area contributed by atoms with E-state index in [1.807, 2.05) is 0 Å². The maximum atomic E-state index is 12.0. The van der Waals surface area contributed by atoms with Gasteiger partial charge in [-0.1, -0.05) is 23.4 Å². The van der Waals surface area contributed by atoms with Crippen LogP contribution in [-0.2, 0) is 19.1 Å². The predicted molar refractivity (Wildman–Crippen MR) is 97.3 cm³/mol. The van der Waals surface area contributed by atoms with Gasteiger partial charge in [0.15, 0.2) is 0 Å². The lowest BCUT2D eigenvalue weighted by atomic mass is 10.2. The summed E-state index contributed by atoms with van der Waals surface area (Å²) in [6.45, 7) is 0.248. The third-order valence-electron chi connectivity index (χ3n) is 3.49. The monoisotopic (exact) mass is 414 g/mol. The zero-order valence-corrected chi connectivity index (χ0v) is 15.7. The van der Waals surface area contributed by atoms with Gasteiger partial charge in [-0.25, -0.2) is 9.59 Å². The number of esters is 2. The van der Waals surface area contributed by atoms with Crippen LogP contribution in [0.4, 0.5) is 5.69 Å². The molecule has 2 rings (SSSR count). The Morgan fingerprint density at radius 1 is 1.44 bits per heavy atom. The van der Waals surface area contributed by atoms with Gasteiger partial charge in [0, 0.05) is 12.6 Å². The van der Waals surface area contributed by atoms with Crippen molar-refractivity contribution in [3.63, 3.8) is 0 Å². The molecular weight excluding hydrogens is 400 g/mol. The molecule has 0 spiro atoms. The molecule has 0 unspecified atom stereocenters. The van der Waals surface area contributed by atoms with Crippen molar-refractivity contribution in [1.82, 2.24) is 4.90 Å². The normalized spacial score (nSPS) is 15.1. The Balaban J connectivity index is 1.89. The van der Waals surface area contributed by atoms with Crippen LogP contribution in [0.2, 0.25) is 5.02 Å². The Labute approximate surface area is 163 Å². The summed E-state index contributed by atoms with van der Waals surface area (Å²) in [6, 6.07) is 3.62. The molecule has 1 aliphatic rings. The first-order valence-electron chi connectivity index (χ1n) is 7.67. The van der Waals surface area contributed by atoms with Crippen LogP contribution in [0.3, 0.4) is 0 Å². The van der Waals surface area contributed by atoms with E-state index in [2.05, 4.69) is 4.74 Å². The van der Waals surface area contributed by atoms with E-state index in [0.29, 0.717) is 11.4 Å². The second-order valence-corrected chi connectivity index (χ2v) is 6.66. The van der Waals surface area contributed by atoms with Gasteiger partial charge in [-0.2, -0.15) is 0 Å². The number of nitro benzene ring substituents is 1. The number of methoxy groups -OCH3 is 1. The minimum atomic E-state index is -0.734. The number of nitrogens with zero attached hydrogens (tertiary/aromatic N) is 2. The highest BCUT2D eigenvalue weighted by atomic mass is 35.5. The molecule has 144 valence electrons. The lowest BCUT2D eigenvalue weighted by Crippen LogP contribution is -2.27. The fourth-order valence-electron chi connectivity index (χ4n) is 2.18. The molecule has 0 aliphatic carbocycles. The van der Waals surface area contributed by atoms with Gasteiger partial charge in [-0.05, 0) is 18.6 Å². The predicted octanol–water partition coefficient (Wildman–Crippen LogP) is 2.38. The molecule has 1 fully saturated rings. The SMILES string of the molecule is COC(=O)/C=C1\SCC(=O)N1CCCOC(=O)c1ccc(Cl)c([N+](=O)[O-])c1. The summed E-state index contributed by atoms with van der Waals surface area (Å²) in [5, 5.41) is 11.3. The molecule has 1 amide bonds. The Morgan fingerprint density at radius 3 is 2.85 bits per heavy atom. The number of halogens is 1. The molecule has 9 nitrogen and oxygen atoms in total. The third-order valence-corrected chi connectivity index (χ3v) is 4.84. The Kier molecular flexibility index (Phi) is 7.19. The summed E-state index contributed by atoms with van der Waals surface area (Å²) in [7, 11) is 1.24. The number of hydrogen-bond donors (Lipinski definition) is 0. The average Bonchev–Trinajstić information content (AvgIpc) is 2.98. The van der Waals surface area contributed by atoms with Crippen LogP contribution >= 0.6 is 23.4 Å². The molecule has 0 saturated carbocycles. The van der Waals surface area contributed by atoms with Crippen LogP contribution in [0.5, 0.6) is 0 Å². The highest BCUT2D eigenvalue weighted by Crippen LogP contribution is 2.29. The molecule has 0 radical (unpaired) electrons. The summed E-state index contributed by atoms with van der Waals surface area (Å²) < 4.78 is 9.62. The van der Waals surface area contributed by atoms with E-state index in [1.54, 1.807) is 0 Å². The number of ether oxygens (including phenoxy) is 2. The minimum Gasteiger partial charge on any atom is -0.466 e. The van der Waals surface area contributed by atoms with Crippen molar-refractivity contribution in [2.75, 3.05) is 26.0 Å². The largest absolute Gasteiger partial charge is 0.466 e. The van der Waals surface area contributed by atoms with E-state index in [0.717, 1.165) is 6.07 Å². The van der Waals surface area contributed by atoms with E-state index < -0.39 is 16.9 Å². The first-order valence-corrected chi connectivity index (χ1v) is 9.03. The van der Waals surface area contributed by atoms with Crippen LogP contribution in [0.1, 0.15) is 16.8 Å². The van der Waals surface area contributed by atoms with Crippen LogP contribution in [-0.4, -0.2) is 53.7 Å². The van der Waals surface area contributed by atoms with E-state index >= 15 is 0 Å². The maximum Gasteiger partial charge on any atom is 0.338 e. The smallest absolute Gasteiger partial charge is 0.338 e.